The molecule has 0 bridgehead atoms. The van der Waals surface area contributed by atoms with Crippen molar-refractivity contribution in [2.45, 2.75) is 19.5 Å². The molecule has 1 aromatic rings. The number of hydrogen-bond donors (Lipinski definition) is 1. The van der Waals surface area contributed by atoms with Crippen LogP contribution in [-0.4, -0.2) is 43.8 Å². The fourth-order valence-corrected chi connectivity index (χ4v) is 2.30. The Hall–Kier alpha value is -0.360. The van der Waals surface area contributed by atoms with E-state index in [1.807, 2.05) is 6.07 Å². The number of hydrogen-bond acceptors (Lipinski definition) is 4. The molecule has 1 fully saturated rings. The number of nitrogens with one attached hydrogen (secondary N) is 1. The number of furan rings is 1. The maximum Gasteiger partial charge on any atom is 0.131 e. The van der Waals surface area contributed by atoms with Crippen LogP contribution in [0.15, 0.2) is 21.2 Å². The molecular formula is C12H19BrN2O2. The molecular weight excluding hydrogens is 284 g/mol. The quantitative estimate of drug-likeness (QED) is 0.901. The molecule has 1 aliphatic rings. The second kappa shape index (κ2) is 6.54. The molecule has 1 saturated heterocycles. The lowest BCUT2D eigenvalue weighted by Gasteiger charge is -2.29. The van der Waals surface area contributed by atoms with Crippen molar-refractivity contribution in [3.8, 4) is 0 Å². The van der Waals surface area contributed by atoms with Gasteiger partial charge in [-0.25, -0.2) is 0 Å². The van der Waals surface area contributed by atoms with E-state index in [9.17, 15) is 0 Å². The van der Waals surface area contributed by atoms with Crippen LogP contribution in [0.2, 0.25) is 0 Å². The summed E-state index contributed by atoms with van der Waals surface area (Å²) in [5.41, 5.74) is 0. The predicted molar refractivity (Wildman–Crippen MR) is 70.0 cm³/mol. The first kappa shape index (κ1) is 13.1. The summed E-state index contributed by atoms with van der Waals surface area (Å²) < 4.78 is 11.7. The molecule has 0 spiro atoms. The lowest BCUT2D eigenvalue weighted by atomic mass is 10.2. The van der Waals surface area contributed by atoms with Crippen LogP contribution in [0.5, 0.6) is 0 Å². The van der Waals surface area contributed by atoms with Crippen molar-refractivity contribution < 1.29 is 9.15 Å². The van der Waals surface area contributed by atoms with E-state index in [2.05, 4.69) is 33.1 Å². The highest BCUT2D eigenvalue weighted by Crippen LogP contribution is 2.17. The molecule has 1 N–H and O–H groups in total. The number of morpholine rings is 1. The Morgan fingerprint density at radius 1 is 1.47 bits per heavy atom. The third-order valence-corrected chi connectivity index (χ3v) is 3.64. The van der Waals surface area contributed by atoms with Gasteiger partial charge in [-0.1, -0.05) is 0 Å². The highest BCUT2D eigenvalue weighted by Gasteiger charge is 2.14. The number of rotatable bonds is 5. The first-order chi connectivity index (χ1) is 8.25. The highest BCUT2D eigenvalue weighted by atomic mass is 79.9. The van der Waals surface area contributed by atoms with E-state index < -0.39 is 0 Å². The van der Waals surface area contributed by atoms with Gasteiger partial charge in [-0.15, -0.1) is 0 Å². The second-order valence-electron chi connectivity index (χ2n) is 4.39. The molecule has 96 valence electrons. The van der Waals surface area contributed by atoms with Gasteiger partial charge in [0.25, 0.3) is 0 Å². The van der Waals surface area contributed by atoms with Gasteiger partial charge in [0.05, 0.1) is 30.5 Å². The molecule has 17 heavy (non-hydrogen) atoms. The second-order valence-corrected chi connectivity index (χ2v) is 5.24. The van der Waals surface area contributed by atoms with Crippen LogP contribution in [-0.2, 0) is 11.3 Å². The number of ether oxygens (including phenoxy) is 1. The molecule has 5 heteroatoms. The summed E-state index contributed by atoms with van der Waals surface area (Å²) in [6, 6.07) is 2.37. The minimum atomic E-state index is 0.449. The summed E-state index contributed by atoms with van der Waals surface area (Å²) in [4.78, 5) is 2.43. The highest BCUT2D eigenvalue weighted by molar-refractivity contribution is 9.10. The molecule has 2 heterocycles. The molecule has 0 saturated carbocycles. The largest absolute Gasteiger partial charge is 0.467 e. The van der Waals surface area contributed by atoms with Crippen LogP contribution in [0.3, 0.4) is 0 Å². The zero-order valence-electron chi connectivity index (χ0n) is 10.1. The minimum absolute atomic E-state index is 0.449. The van der Waals surface area contributed by atoms with Crippen LogP contribution in [0.4, 0.5) is 0 Å². The molecule has 4 nitrogen and oxygen atoms in total. The monoisotopic (exact) mass is 302 g/mol. The van der Waals surface area contributed by atoms with Crippen molar-refractivity contribution in [2.75, 3.05) is 32.8 Å². The third kappa shape index (κ3) is 4.10. The summed E-state index contributed by atoms with van der Waals surface area (Å²) in [7, 11) is 0. The number of nitrogens with zero attached hydrogens (tertiary/aromatic N) is 1. The summed E-state index contributed by atoms with van der Waals surface area (Å²) >= 11 is 3.45. The summed E-state index contributed by atoms with van der Waals surface area (Å²) in [5.74, 6) is 0.957. The first-order valence-corrected chi connectivity index (χ1v) is 6.80. The van der Waals surface area contributed by atoms with E-state index in [0.29, 0.717) is 6.04 Å². The van der Waals surface area contributed by atoms with Gasteiger partial charge < -0.3 is 14.5 Å². The Bertz CT molecular complexity index is 337. The molecule has 0 aromatic carbocycles. The van der Waals surface area contributed by atoms with Crippen LogP contribution < -0.4 is 5.32 Å². The van der Waals surface area contributed by atoms with Crippen LogP contribution in [0.1, 0.15) is 12.7 Å². The van der Waals surface area contributed by atoms with Crippen molar-refractivity contribution in [3.63, 3.8) is 0 Å². The maximum absolute atomic E-state index is 5.36. The Kier molecular flexibility index (Phi) is 5.03. The maximum atomic E-state index is 5.36. The van der Waals surface area contributed by atoms with E-state index in [4.69, 9.17) is 9.15 Å². The van der Waals surface area contributed by atoms with Gasteiger partial charge in [-0.05, 0) is 28.9 Å². The minimum Gasteiger partial charge on any atom is -0.467 e. The van der Waals surface area contributed by atoms with Gasteiger partial charge >= 0.3 is 0 Å². The first-order valence-electron chi connectivity index (χ1n) is 6.01. The van der Waals surface area contributed by atoms with E-state index in [1.54, 1.807) is 6.26 Å². The zero-order valence-corrected chi connectivity index (χ0v) is 11.7. The molecule has 1 aromatic heterocycles. The zero-order chi connectivity index (χ0) is 12.1. The third-order valence-electron chi connectivity index (χ3n) is 2.94. The van der Waals surface area contributed by atoms with Crippen molar-refractivity contribution in [2.24, 2.45) is 0 Å². The van der Waals surface area contributed by atoms with Crippen molar-refractivity contribution in [1.29, 1.82) is 0 Å². The molecule has 2 rings (SSSR count). The lowest BCUT2D eigenvalue weighted by molar-refractivity contribution is 0.0342. The Balaban J connectivity index is 1.70. The smallest absolute Gasteiger partial charge is 0.131 e. The van der Waals surface area contributed by atoms with Gasteiger partial charge in [0.1, 0.15) is 5.76 Å². The molecule has 1 aliphatic heterocycles. The lowest BCUT2D eigenvalue weighted by Crippen LogP contribution is -2.44. The molecule has 1 atom stereocenters. The Labute approximate surface area is 110 Å². The average molecular weight is 303 g/mol. The van der Waals surface area contributed by atoms with Gasteiger partial charge in [-0.3, -0.25) is 4.90 Å². The summed E-state index contributed by atoms with van der Waals surface area (Å²) in [6.45, 7) is 7.81. The van der Waals surface area contributed by atoms with E-state index >= 15 is 0 Å². The molecule has 0 amide bonds. The topological polar surface area (TPSA) is 37.6 Å². The van der Waals surface area contributed by atoms with Crippen molar-refractivity contribution in [1.82, 2.24) is 10.2 Å². The van der Waals surface area contributed by atoms with Crippen LogP contribution in [0.25, 0.3) is 0 Å². The van der Waals surface area contributed by atoms with Crippen LogP contribution in [0, 0.1) is 0 Å². The fraction of sp³-hybridized carbons (Fsp3) is 0.667. The van der Waals surface area contributed by atoms with Gasteiger partial charge in [-0.2, -0.15) is 0 Å². The average Bonchev–Trinajstić information content (AvgIpc) is 2.74. The van der Waals surface area contributed by atoms with Crippen LogP contribution >= 0.6 is 15.9 Å². The fourth-order valence-electron chi connectivity index (χ4n) is 1.95. The van der Waals surface area contributed by atoms with Gasteiger partial charge in [0, 0.05) is 25.7 Å². The standard InChI is InChI=1S/C12H19BrN2O2/c1-10(9-15-3-6-16-7-4-15)14-8-12-11(13)2-5-17-12/h2,5,10,14H,3-4,6-9H2,1H3. The molecule has 0 aliphatic carbocycles. The normalized spacial score (nSPS) is 19.4. The van der Waals surface area contributed by atoms with Crippen molar-refractivity contribution in [3.05, 3.63) is 22.6 Å². The molecule has 1 unspecified atom stereocenters. The van der Waals surface area contributed by atoms with E-state index in [0.717, 1.165) is 49.6 Å². The van der Waals surface area contributed by atoms with Gasteiger partial charge in [0.2, 0.25) is 0 Å². The van der Waals surface area contributed by atoms with E-state index in [1.165, 1.54) is 0 Å². The Morgan fingerprint density at radius 2 is 2.24 bits per heavy atom. The molecule has 0 radical (unpaired) electrons. The van der Waals surface area contributed by atoms with Crippen molar-refractivity contribution >= 4 is 15.9 Å². The number of halogens is 1. The Morgan fingerprint density at radius 3 is 2.88 bits per heavy atom. The predicted octanol–water partition coefficient (Wildman–Crippen LogP) is 1.85. The van der Waals surface area contributed by atoms with Gasteiger partial charge in [0.15, 0.2) is 0 Å². The SMILES string of the molecule is CC(CN1CCOCC1)NCc1occc1Br. The summed E-state index contributed by atoms with van der Waals surface area (Å²) in [6.07, 6.45) is 1.70. The van der Waals surface area contributed by atoms with E-state index in [-0.39, 0.29) is 0 Å². The summed E-state index contributed by atoms with van der Waals surface area (Å²) in [5, 5.41) is 3.47.